The lowest BCUT2D eigenvalue weighted by Crippen LogP contribution is -2.48. The lowest BCUT2D eigenvalue weighted by molar-refractivity contribution is 0.0522. The van der Waals surface area contributed by atoms with E-state index in [0.29, 0.717) is 49.7 Å². The molecule has 2 aromatic heterocycles. The first kappa shape index (κ1) is 22.8. The highest BCUT2D eigenvalue weighted by Crippen LogP contribution is 2.34. The van der Waals surface area contributed by atoms with Gasteiger partial charge >= 0.3 is 5.97 Å². The number of ether oxygens (including phenoxy) is 1. The molecule has 0 spiro atoms. The smallest absolute Gasteiger partial charge is 0.340 e. The molecule has 1 fully saturated rings. The summed E-state index contributed by atoms with van der Waals surface area (Å²) in [5.41, 5.74) is 3.82. The molecule has 7 nitrogen and oxygen atoms in total. The Morgan fingerprint density at radius 2 is 1.69 bits per heavy atom. The molecule has 3 heterocycles. The number of benzene rings is 2. The summed E-state index contributed by atoms with van der Waals surface area (Å²) in [6, 6.07) is 21.2. The van der Waals surface area contributed by atoms with Gasteiger partial charge in [-0.15, -0.1) is 0 Å². The molecular formula is C28H27N3O4. The van der Waals surface area contributed by atoms with E-state index in [1.807, 2.05) is 61.5 Å². The number of aromatic nitrogens is 1. The molecule has 0 atom stereocenters. The Kier molecular flexibility index (Phi) is 6.59. The van der Waals surface area contributed by atoms with E-state index in [1.165, 1.54) is 6.26 Å². The highest BCUT2D eigenvalue weighted by molar-refractivity contribution is 6.07. The zero-order valence-corrected chi connectivity index (χ0v) is 19.6. The van der Waals surface area contributed by atoms with E-state index >= 15 is 0 Å². The number of piperazine rings is 1. The normalized spacial score (nSPS) is 14.3. The first-order valence-corrected chi connectivity index (χ1v) is 11.8. The van der Waals surface area contributed by atoms with Crippen molar-refractivity contribution >= 4 is 22.8 Å². The van der Waals surface area contributed by atoms with Crippen molar-refractivity contribution in [3.63, 3.8) is 0 Å². The van der Waals surface area contributed by atoms with E-state index in [1.54, 1.807) is 17.0 Å². The van der Waals surface area contributed by atoms with E-state index in [-0.39, 0.29) is 18.5 Å². The zero-order valence-electron chi connectivity index (χ0n) is 19.6. The number of esters is 1. The maximum absolute atomic E-state index is 13.3. The summed E-state index contributed by atoms with van der Waals surface area (Å²) >= 11 is 0. The molecule has 1 aliphatic rings. The molecule has 0 saturated carbocycles. The van der Waals surface area contributed by atoms with Crippen LogP contribution in [0.15, 0.2) is 77.4 Å². The highest BCUT2D eigenvalue weighted by atomic mass is 16.5. The Hall–Kier alpha value is -3.97. The average molecular weight is 470 g/mol. The first-order chi connectivity index (χ1) is 17.2. The van der Waals surface area contributed by atoms with Crippen LogP contribution in [0.2, 0.25) is 0 Å². The van der Waals surface area contributed by atoms with Crippen LogP contribution in [0.4, 0.5) is 0 Å². The Labute approximate surface area is 203 Å². The molecule has 5 rings (SSSR count). The molecule has 4 aromatic rings. The van der Waals surface area contributed by atoms with Gasteiger partial charge in [0.25, 0.3) is 5.91 Å². The Morgan fingerprint density at radius 3 is 2.40 bits per heavy atom. The third kappa shape index (κ3) is 4.68. The molecule has 0 unspecified atom stereocenters. The summed E-state index contributed by atoms with van der Waals surface area (Å²) in [5, 5.41) is 0.916. The number of para-hydroxylation sites is 1. The second-order valence-corrected chi connectivity index (χ2v) is 8.46. The second-order valence-electron chi connectivity index (χ2n) is 8.46. The standard InChI is InChI=1S/C28H27N3O4/c1-2-34-28(33)26-23(19-30-14-16-31(17-15-30)27(32)24-13-8-18-35-24)29-22-12-7-6-11-21(22)25(26)20-9-4-3-5-10-20/h3-13,18H,2,14-17,19H2,1H3. The fourth-order valence-corrected chi connectivity index (χ4v) is 4.58. The van der Waals surface area contributed by atoms with Gasteiger partial charge in [0.2, 0.25) is 0 Å². The molecule has 2 aromatic carbocycles. The van der Waals surface area contributed by atoms with Crippen molar-refractivity contribution in [2.45, 2.75) is 13.5 Å². The number of hydrogen-bond acceptors (Lipinski definition) is 6. The Balaban J connectivity index is 1.49. The summed E-state index contributed by atoms with van der Waals surface area (Å²) in [7, 11) is 0. The van der Waals surface area contributed by atoms with Crippen molar-refractivity contribution in [3.8, 4) is 11.1 Å². The number of carbonyl (C=O) groups excluding carboxylic acids is 2. The average Bonchev–Trinajstić information content (AvgIpc) is 3.44. The molecular weight excluding hydrogens is 442 g/mol. The third-order valence-corrected chi connectivity index (χ3v) is 6.27. The minimum Gasteiger partial charge on any atom is -0.462 e. The van der Waals surface area contributed by atoms with Gasteiger partial charge in [0.1, 0.15) is 0 Å². The number of amides is 1. The Bertz CT molecular complexity index is 1330. The number of carbonyl (C=O) groups is 2. The van der Waals surface area contributed by atoms with Crippen LogP contribution in [0, 0.1) is 0 Å². The molecule has 0 radical (unpaired) electrons. The molecule has 0 aliphatic carbocycles. The van der Waals surface area contributed by atoms with Crippen molar-refractivity contribution in [3.05, 3.63) is 90.0 Å². The molecule has 35 heavy (non-hydrogen) atoms. The number of fused-ring (bicyclic) bond motifs is 1. The quantitative estimate of drug-likeness (QED) is 0.383. The van der Waals surface area contributed by atoms with Gasteiger partial charge < -0.3 is 14.1 Å². The van der Waals surface area contributed by atoms with E-state index in [0.717, 1.165) is 22.0 Å². The fraction of sp³-hybridized carbons (Fsp3) is 0.250. The van der Waals surface area contributed by atoms with Gasteiger partial charge in [-0.05, 0) is 30.7 Å². The van der Waals surface area contributed by atoms with Crippen molar-refractivity contribution in [2.75, 3.05) is 32.8 Å². The largest absolute Gasteiger partial charge is 0.462 e. The van der Waals surface area contributed by atoms with Crippen LogP contribution in [-0.2, 0) is 11.3 Å². The number of pyridine rings is 1. The predicted molar refractivity (Wildman–Crippen MR) is 133 cm³/mol. The molecule has 1 saturated heterocycles. The van der Waals surface area contributed by atoms with Gasteiger partial charge in [-0.2, -0.15) is 0 Å². The molecule has 1 aliphatic heterocycles. The van der Waals surface area contributed by atoms with E-state index < -0.39 is 0 Å². The minimum atomic E-state index is -0.369. The summed E-state index contributed by atoms with van der Waals surface area (Å²) in [6.07, 6.45) is 1.51. The van der Waals surface area contributed by atoms with Gasteiger partial charge in [-0.1, -0.05) is 48.5 Å². The predicted octanol–water partition coefficient (Wildman–Crippen LogP) is 4.63. The van der Waals surface area contributed by atoms with Gasteiger partial charge in [0.15, 0.2) is 5.76 Å². The maximum atomic E-state index is 13.3. The van der Waals surface area contributed by atoms with Crippen LogP contribution in [-0.4, -0.2) is 59.4 Å². The van der Waals surface area contributed by atoms with E-state index in [4.69, 9.17) is 14.1 Å². The number of hydrogen-bond donors (Lipinski definition) is 0. The lowest BCUT2D eigenvalue weighted by atomic mass is 9.93. The van der Waals surface area contributed by atoms with Crippen molar-refractivity contribution in [1.29, 1.82) is 0 Å². The van der Waals surface area contributed by atoms with Gasteiger partial charge in [-0.25, -0.2) is 4.79 Å². The number of rotatable bonds is 6. The van der Waals surface area contributed by atoms with Crippen LogP contribution in [0.25, 0.3) is 22.0 Å². The van der Waals surface area contributed by atoms with Crippen LogP contribution in [0.3, 0.4) is 0 Å². The fourth-order valence-electron chi connectivity index (χ4n) is 4.58. The monoisotopic (exact) mass is 469 g/mol. The van der Waals surface area contributed by atoms with Crippen molar-refractivity contribution in [1.82, 2.24) is 14.8 Å². The second kappa shape index (κ2) is 10.1. The summed E-state index contributed by atoms with van der Waals surface area (Å²) in [4.78, 5) is 34.8. The maximum Gasteiger partial charge on any atom is 0.340 e. The lowest BCUT2D eigenvalue weighted by Gasteiger charge is -2.34. The summed E-state index contributed by atoms with van der Waals surface area (Å²) < 4.78 is 10.8. The number of nitrogens with zero attached hydrogens (tertiary/aromatic N) is 3. The first-order valence-electron chi connectivity index (χ1n) is 11.8. The summed E-state index contributed by atoms with van der Waals surface area (Å²) in [5.74, 6) is -0.116. The van der Waals surface area contributed by atoms with E-state index in [2.05, 4.69) is 4.90 Å². The molecule has 0 N–H and O–H groups in total. The van der Waals surface area contributed by atoms with Crippen molar-refractivity contribution in [2.24, 2.45) is 0 Å². The molecule has 178 valence electrons. The van der Waals surface area contributed by atoms with Crippen LogP contribution in [0.5, 0.6) is 0 Å². The van der Waals surface area contributed by atoms with Gasteiger partial charge in [0.05, 0.1) is 29.6 Å². The van der Waals surface area contributed by atoms with Crippen LogP contribution in [0.1, 0.15) is 33.5 Å². The van der Waals surface area contributed by atoms with Gasteiger partial charge in [0, 0.05) is 43.7 Å². The van der Waals surface area contributed by atoms with Crippen LogP contribution >= 0.6 is 0 Å². The Morgan fingerprint density at radius 1 is 0.943 bits per heavy atom. The van der Waals surface area contributed by atoms with Crippen LogP contribution < -0.4 is 0 Å². The van der Waals surface area contributed by atoms with E-state index in [9.17, 15) is 9.59 Å². The zero-order chi connectivity index (χ0) is 24.2. The number of furan rings is 1. The molecule has 1 amide bonds. The molecule has 0 bridgehead atoms. The van der Waals surface area contributed by atoms with Crippen molar-refractivity contribution < 1.29 is 18.7 Å². The SMILES string of the molecule is CCOC(=O)c1c(CN2CCN(C(=O)c3ccco3)CC2)nc2ccccc2c1-c1ccccc1. The summed E-state index contributed by atoms with van der Waals surface area (Å²) in [6.45, 7) is 5.08. The third-order valence-electron chi connectivity index (χ3n) is 6.27. The molecule has 7 heteroatoms. The van der Waals surface area contributed by atoms with Gasteiger partial charge in [-0.3, -0.25) is 14.7 Å². The topological polar surface area (TPSA) is 75.9 Å². The highest BCUT2D eigenvalue weighted by Gasteiger charge is 2.27. The minimum absolute atomic E-state index is 0.0999.